The summed E-state index contributed by atoms with van der Waals surface area (Å²) in [6, 6.07) is 52.4. The van der Waals surface area contributed by atoms with E-state index in [-0.39, 0.29) is 37.2 Å². The van der Waals surface area contributed by atoms with Gasteiger partial charge in [0.05, 0.1) is 16.9 Å². The molecule has 3 aromatic heterocycles. The monoisotopic (exact) mass is 957 g/mol. The fourth-order valence-corrected chi connectivity index (χ4v) is 8.73. The molecular weight excluding hydrogens is 903 g/mol. The summed E-state index contributed by atoms with van der Waals surface area (Å²) >= 11 is 1.84. The van der Waals surface area contributed by atoms with Crippen molar-refractivity contribution in [1.82, 2.24) is 14.5 Å². The van der Waals surface area contributed by atoms with Crippen molar-refractivity contribution in [2.45, 2.75) is 66.6 Å². The molecule has 9 rings (SSSR count). The third-order valence-electron chi connectivity index (χ3n) is 10.2. The summed E-state index contributed by atoms with van der Waals surface area (Å²) in [5.74, 6) is 1.35. The molecule has 5 heteroatoms. The van der Waals surface area contributed by atoms with Gasteiger partial charge in [0.15, 0.2) is 0 Å². The molecule has 58 heavy (non-hydrogen) atoms. The number of hydrogen-bond donors (Lipinski definition) is 0. The molecule has 0 N–H and O–H groups in total. The van der Waals surface area contributed by atoms with Crippen LogP contribution < -0.4 is 0 Å². The summed E-state index contributed by atoms with van der Waals surface area (Å²) in [6.07, 6.45) is -0.491. The topological polar surface area (TPSA) is 30.7 Å². The molecule has 0 spiro atoms. The van der Waals surface area contributed by atoms with Crippen molar-refractivity contribution in [2.24, 2.45) is 5.92 Å². The van der Waals surface area contributed by atoms with Crippen LogP contribution in [-0.4, -0.2) is 14.5 Å². The third-order valence-corrected chi connectivity index (χ3v) is 11.4. The Labute approximate surface area is 368 Å². The smallest absolute Gasteiger partial charge is 0.0774 e. The first kappa shape index (κ1) is 34.8. The van der Waals surface area contributed by atoms with Crippen molar-refractivity contribution in [3.8, 4) is 39.5 Å². The Morgan fingerprint density at radius 2 is 1.47 bits per heavy atom. The molecule has 3 heterocycles. The van der Waals surface area contributed by atoms with E-state index in [1.165, 1.54) is 60.4 Å². The van der Waals surface area contributed by atoms with Gasteiger partial charge in [0.25, 0.3) is 0 Å². The van der Waals surface area contributed by atoms with Gasteiger partial charge in [0, 0.05) is 43.5 Å². The fraction of sp³-hybridized carbons (Fsp3) is 0.208. The fourth-order valence-electron chi connectivity index (χ4n) is 7.49. The number of fused-ring (bicyclic) bond motifs is 4. The van der Waals surface area contributed by atoms with E-state index in [4.69, 9.17) is 11.8 Å². The molecule has 0 aliphatic heterocycles. The summed E-state index contributed by atoms with van der Waals surface area (Å²) in [5.41, 5.74) is 11.0. The van der Waals surface area contributed by atoms with Crippen LogP contribution in [0.3, 0.4) is 0 Å². The van der Waals surface area contributed by atoms with Crippen LogP contribution >= 0.6 is 11.3 Å². The molecule has 0 aliphatic carbocycles. The molecule has 293 valence electrons. The number of benzene rings is 6. The standard InChI is InChI=1S/C37H31N2S.C16H18N.Ir/c1-23(2)27-14-10-15-28(24(3)4)35(27)39-33-19-9-8-18-32(33)38-37(39)31-17-11-16-30-29-21-20-26(22-34(29)40-36(30)31)25-12-6-5-7-13-25;1-12(2)9-15-10-16(17-11-13(15)3)14-7-5-4-6-8-14;/h5-16,18-24H,1-4H3;4-7,10-12H,9H2,1-3H3;/q2*-1;/i;3D3,9D2;. The van der Waals surface area contributed by atoms with Gasteiger partial charge >= 0.3 is 0 Å². The van der Waals surface area contributed by atoms with Crippen molar-refractivity contribution in [1.29, 1.82) is 0 Å². The van der Waals surface area contributed by atoms with Gasteiger partial charge in [-0.3, -0.25) is 4.98 Å². The molecule has 0 saturated heterocycles. The maximum Gasteiger partial charge on any atom is 0.0774 e. The van der Waals surface area contributed by atoms with Gasteiger partial charge in [-0.25, -0.2) is 0 Å². The maximum absolute atomic E-state index is 8.28. The number of nitrogens with zero attached hydrogens (tertiary/aromatic N) is 3. The molecule has 1 radical (unpaired) electrons. The van der Waals surface area contributed by atoms with Crippen molar-refractivity contribution in [3.63, 3.8) is 0 Å². The Balaban J connectivity index is 0.000000221. The minimum atomic E-state index is -2.40. The van der Waals surface area contributed by atoms with Crippen LogP contribution in [0, 0.1) is 24.9 Å². The number of hydrogen-bond acceptors (Lipinski definition) is 3. The van der Waals surface area contributed by atoms with Crippen LogP contribution in [0.25, 0.3) is 70.7 Å². The van der Waals surface area contributed by atoms with E-state index in [0.29, 0.717) is 23.1 Å². The second-order valence-electron chi connectivity index (χ2n) is 15.3. The average Bonchev–Trinajstić information content (AvgIpc) is 3.84. The van der Waals surface area contributed by atoms with Gasteiger partial charge in [0.2, 0.25) is 0 Å². The first-order valence-electron chi connectivity index (χ1n) is 22.2. The SMILES string of the molecule is CC(C)c1cccc(C(C)C)c1-n1c(-c2[c-]ccc3c2sc2cc(-c4ccccc4)ccc23)nc2ccccc21.[2H]C([2H])([2H])c1cnc(-c2[c-]cccc2)cc1C([2H])([2H])C(C)C.[Ir]. The number of pyridine rings is 1. The van der Waals surface area contributed by atoms with E-state index in [1.54, 1.807) is 19.9 Å². The normalized spacial score (nSPS) is 13.2. The van der Waals surface area contributed by atoms with Crippen LogP contribution in [0.2, 0.25) is 0 Å². The van der Waals surface area contributed by atoms with Crippen LogP contribution in [0.4, 0.5) is 0 Å². The predicted octanol–water partition coefficient (Wildman–Crippen LogP) is 14.8. The number of rotatable bonds is 8. The van der Waals surface area contributed by atoms with Crippen LogP contribution in [0.1, 0.15) is 82.5 Å². The second kappa shape index (κ2) is 17.7. The number of thiophene rings is 1. The largest absolute Gasteiger partial charge is 0.333 e. The number of para-hydroxylation sites is 3. The molecule has 0 atom stereocenters. The van der Waals surface area contributed by atoms with Crippen LogP contribution in [0.15, 0.2) is 140 Å². The van der Waals surface area contributed by atoms with Gasteiger partial charge in [0.1, 0.15) is 0 Å². The molecule has 9 aromatic rings. The van der Waals surface area contributed by atoms with Crippen molar-refractivity contribution >= 4 is 42.5 Å². The molecule has 0 unspecified atom stereocenters. The summed E-state index contributed by atoms with van der Waals surface area (Å²) in [6.45, 7) is 10.2. The van der Waals surface area contributed by atoms with E-state index in [9.17, 15) is 0 Å². The zero-order chi connectivity index (χ0) is 43.9. The van der Waals surface area contributed by atoms with Crippen LogP contribution in [0.5, 0.6) is 0 Å². The zero-order valence-corrected chi connectivity index (χ0v) is 36.8. The Bertz CT molecular complexity index is 3000. The maximum atomic E-state index is 8.28. The van der Waals surface area contributed by atoms with E-state index in [1.807, 2.05) is 29.5 Å². The second-order valence-corrected chi connectivity index (χ2v) is 16.4. The van der Waals surface area contributed by atoms with Crippen molar-refractivity contribution < 1.29 is 27.0 Å². The summed E-state index contributed by atoms with van der Waals surface area (Å²) in [4.78, 5) is 9.47. The van der Waals surface area contributed by atoms with Gasteiger partial charge in [-0.2, -0.15) is 11.3 Å². The third kappa shape index (κ3) is 8.22. The molecule has 3 nitrogen and oxygen atoms in total. The van der Waals surface area contributed by atoms with Crippen molar-refractivity contribution in [2.75, 3.05) is 0 Å². The predicted molar refractivity (Wildman–Crippen MR) is 244 cm³/mol. The zero-order valence-electron chi connectivity index (χ0n) is 38.6. The summed E-state index contributed by atoms with van der Waals surface area (Å²) < 4.78 is 44.4. The van der Waals surface area contributed by atoms with Gasteiger partial charge in [-0.1, -0.05) is 137 Å². The van der Waals surface area contributed by atoms with E-state index in [0.717, 1.165) is 22.4 Å². The summed E-state index contributed by atoms with van der Waals surface area (Å²) in [7, 11) is 0. The first-order valence-corrected chi connectivity index (χ1v) is 20.5. The number of aryl methyl sites for hydroxylation is 1. The number of imidazole rings is 1. The van der Waals surface area contributed by atoms with E-state index < -0.39 is 13.2 Å². The quantitative estimate of drug-likeness (QED) is 0.142. The Hall–Kier alpha value is -5.19. The van der Waals surface area contributed by atoms with E-state index >= 15 is 0 Å². The summed E-state index contributed by atoms with van der Waals surface area (Å²) in [5, 5.41) is 2.54. The molecule has 0 aliphatic rings. The van der Waals surface area contributed by atoms with Crippen molar-refractivity contribution in [3.05, 3.63) is 174 Å². The minimum Gasteiger partial charge on any atom is -0.333 e. The molecular formula is C53H49IrN3S-2. The average molecular weight is 957 g/mol. The minimum absolute atomic E-state index is 0. The Morgan fingerprint density at radius 1 is 0.724 bits per heavy atom. The molecule has 0 amide bonds. The Morgan fingerprint density at radius 3 is 2.17 bits per heavy atom. The van der Waals surface area contributed by atoms with E-state index in [2.05, 4.69) is 153 Å². The number of aromatic nitrogens is 3. The van der Waals surface area contributed by atoms with Gasteiger partial charge in [-0.05, 0) is 92.8 Å². The Kier molecular flexibility index (Phi) is 10.7. The molecule has 6 aromatic carbocycles. The van der Waals surface area contributed by atoms with Gasteiger partial charge < -0.3 is 9.55 Å². The van der Waals surface area contributed by atoms with Crippen LogP contribution in [-0.2, 0) is 26.5 Å². The first-order chi connectivity index (χ1) is 29.6. The molecule has 0 bridgehead atoms. The molecule has 0 fully saturated rings. The van der Waals surface area contributed by atoms with Gasteiger partial charge in [-0.15, -0.1) is 54.1 Å². The molecule has 0 saturated carbocycles.